The lowest BCUT2D eigenvalue weighted by Crippen LogP contribution is -2.56. The molecule has 10 atom stereocenters. The van der Waals surface area contributed by atoms with Crippen molar-refractivity contribution in [1.29, 1.82) is 0 Å². The van der Waals surface area contributed by atoms with Crippen LogP contribution < -0.4 is 0 Å². The van der Waals surface area contributed by atoms with Crippen molar-refractivity contribution in [2.24, 2.45) is 46.3 Å². The fourth-order valence-corrected chi connectivity index (χ4v) is 9.40. The van der Waals surface area contributed by atoms with Gasteiger partial charge in [-0.05, 0) is 123 Å². The summed E-state index contributed by atoms with van der Waals surface area (Å²) in [4.78, 5) is 0. The second-order valence-corrected chi connectivity index (χ2v) is 12.8. The van der Waals surface area contributed by atoms with Crippen molar-refractivity contribution < 1.29 is 23.4 Å². The van der Waals surface area contributed by atoms with E-state index in [0.29, 0.717) is 29.6 Å². The van der Waals surface area contributed by atoms with Crippen molar-refractivity contribution in [3.63, 3.8) is 0 Å². The van der Waals surface area contributed by atoms with Crippen molar-refractivity contribution in [2.45, 2.75) is 123 Å². The molecule has 0 bridgehead atoms. The van der Waals surface area contributed by atoms with E-state index in [4.69, 9.17) is 0 Å². The highest BCUT2D eigenvalue weighted by Crippen LogP contribution is 2.69. The highest BCUT2D eigenvalue weighted by Gasteiger charge is 2.61. The Hall–Kier alpha value is -0.290. The van der Waals surface area contributed by atoms with Gasteiger partial charge >= 0.3 is 6.18 Å². The molecule has 4 aliphatic rings. The first kappa shape index (κ1) is 24.8. The van der Waals surface area contributed by atoms with Gasteiger partial charge in [0.1, 0.15) is 6.10 Å². The first-order valence-corrected chi connectivity index (χ1v) is 13.3. The van der Waals surface area contributed by atoms with Gasteiger partial charge in [0.2, 0.25) is 0 Å². The number of aliphatic hydroxyl groups excluding tert-OH is 1. The van der Waals surface area contributed by atoms with Crippen molar-refractivity contribution in [3.8, 4) is 0 Å². The topological polar surface area (TPSA) is 40.5 Å². The normalized spacial score (nSPS) is 48.5. The Kier molecular flexibility index (Phi) is 6.54. The lowest BCUT2D eigenvalue weighted by atomic mass is 9.43. The lowest BCUT2D eigenvalue weighted by molar-refractivity contribution is -0.206. The van der Waals surface area contributed by atoms with Crippen LogP contribution in [0.2, 0.25) is 0 Å². The van der Waals surface area contributed by atoms with Crippen molar-refractivity contribution in [2.75, 3.05) is 0 Å². The average molecular weight is 459 g/mol. The third-order valence-electron chi connectivity index (χ3n) is 11.5. The molecule has 0 radical (unpaired) electrons. The van der Waals surface area contributed by atoms with E-state index in [1.807, 2.05) is 0 Å². The van der Waals surface area contributed by atoms with Gasteiger partial charge in [-0.1, -0.05) is 27.7 Å². The van der Waals surface area contributed by atoms with Crippen LogP contribution in [0.4, 0.5) is 13.2 Å². The third kappa shape index (κ3) is 4.06. The highest BCUT2D eigenvalue weighted by molar-refractivity contribution is 5.10. The molecule has 0 aromatic rings. The second-order valence-electron chi connectivity index (χ2n) is 12.8. The molecule has 4 saturated carbocycles. The molecule has 0 heterocycles. The molecule has 2 nitrogen and oxygen atoms in total. The smallest absolute Gasteiger partial charge is 0.390 e. The summed E-state index contributed by atoms with van der Waals surface area (Å²) >= 11 is 0. The van der Waals surface area contributed by atoms with Crippen LogP contribution in [0.25, 0.3) is 0 Å². The fourth-order valence-electron chi connectivity index (χ4n) is 9.40. The third-order valence-corrected chi connectivity index (χ3v) is 11.5. The van der Waals surface area contributed by atoms with Crippen molar-refractivity contribution >= 4 is 0 Å². The summed E-state index contributed by atoms with van der Waals surface area (Å²) in [6, 6.07) is 0. The minimum absolute atomic E-state index is 0.173. The monoisotopic (exact) mass is 458 g/mol. The van der Waals surface area contributed by atoms with E-state index in [-0.39, 0.29) is 17.8 Å². The molecule has 4 fully saturated rings. The van der Waals surface area contributed by atoms with E-state index >= 15 is 0 Å². The predicted molar refractivity (Wildman–Crippen MR) is 121 cm³/mol. The van der Waals surface area contributed by atoms with Gasteiger partial charge in [0, 0.05) is 0 Å². The van der Waals surface area contributed by atoms with Crippen LogP contribution in [-0.2, 0) is 0 Å². The SMILES string of the molecule is CC[C@]1(O)CC[C@@]2(C)[C@H](CC[C@@H]3[C@@H]2CC[C@]2(C)[C@@H]([C@H](C)CC[C@H](O)C(F)(F)F)CC[C@@H]32)C1. The van der Waals surface area contributed by atoms with Gasteiger partial charge in [0.05, 0.1) is 5.60 Å². The lowest BCUT2D eigenvalue weighted by Gasteiger charge is -2.62. The van der Waals surface area contributed by atoms with E-state index in [0.717, 1.165) is 43.9 Å². The fraction of sp³-hybridized carbons (Fsp3) is 1.00. The zero-order valence-electron chi connectivity index (χ0n) is 20.6. The Morgan fingerprint density at radius 3 is 2.25 bits per heavy atom. The Labute approximate surface area is 192 Å². The molecule has 0 aromatic heterocycles. The molecule has 186 valence electrons. The Morgan fingerprint density at radius 2 is 1.59 bits per heavy atom. The number of halogens is 3. The average Bonchev–Trinajstić information content (AvgIpc) is 3.09. The molecule has 4 rings (SSSR count). The van der Waals surface area contributed by atoms with Gasteiger partial charge in [-0.15, -0.1) is 0 Å². The van der Waals surface area contributed by atoms with Gasteiger partial charge in [-0.3, -0.25) is 0 Å². The molecule has 0 spiro atoms. The molecule has 0 unspecified atom stereocenters. The Bertz CT molecular complexity index is 680. The second kappa shape index (κ2) is 8.43. The molecular formula is C27H45F3O2. The van der Waals surface area contributed by atoms with Crippen LogP contribution >= 0.6 is 0 Å². The number of aliphatic hydroxyl groups is 2. The summed E-state index contributed by atoms with van der Waals surface area (Å²) < 4.78 is 38.3. The number of rotatable bonds is 5. The van der Waals surface area contributed by atoms with Crippen molar-refractivity contribution in [1.82, 2.24) is 0 Å². The van der Waals surface area contributed by atoms with Gasteiger partial charge in [-0.2, -0.15) is 13.2 Å². The van der Waals surface area contributed by atoms with Gasteiger partial charge in [-0.25, -0.2) is 0 Å². The number of alkyl halides is 3. The molecule has 4 aliphatic carbocycles. The van der Waals surface area contributed by atoms with Gasteiger partial charge in [0.25, 0.3) is 0 Å². The van der Waals surface area contributed by atoms with E-state index in [1.165, 1.54) is 32.1 Å². The minimum atomic E-state index is -4.50. The maximum Gasteiger partial charge on any atom is 0.414 e. The van der Waals surface area contributed by atoms with Crippen molar-refractivity contribution in [3.05, 3.63) is 0 Å². The van der Waals surface area contributed by atoms with Crippen LogP contribution in [0, 0.1) is 46.3 Å². The molecule has 2 N–H and O–H groups in total. The standard InChI is InChI=1S/C27H45F3O2/c1-5-26(32)15-14-24(3)18(16-26)7-8-19-21-10-9-20(25(21,4)13-12-22(19)24)17(2)6-11-23(31)27(28,29)30/h17-23,31-32H,5-16H2,1-4H3/t17-,18-,19+,20-,21+,22+,23+,24+,25-,26+/m1/s1. The summed E-state index contributed by atoms with van der Waals surface area (Å²) in [6.07, 6.45) is 4.76. The summed E-state index contributed by atoms with van der Waals surface area (Å²) in [5.74, 6) is 3.48. The molecular weight excluding hydrogens is 413 g/mol. The minimum Gasteiger partial charge on any atom is -0.390 e. The zero-order chi connectivity index (χ0) is 23.5. The molecule has 0 aliphatic heterocycles. The van der Waals surface area contributed by atoms with Crippen LogP contribution in [0.1, 0.15) is 105 Å². The van der Waals surface area contributed by atoms with E-state index in [1.54, 1.807) is 0 Å². The van der Waals surface area contributed by atoms with Crippen LogP contribution in [0.15, 0.2) is 0 Å². The van der Waals surface area contributed by atoms with E-state index in [2.05, 4.69) is 27.7 Å². The Morgan fingerprint density at radius 1 is 0.906 bits per heavy atom. The largest absolute Gasteiger partial charge is 0.414 e. The molecule has 0 saturated heterocycles. The summed E-state index contributed by atoms with van der Waals surface area (Å²) in [5, 5.41) is 20.4. The van der Waals surface area contributed by atoms with Crippen LogP contribution in [0.3, 0.4) is 0 Å². The zero-order valence-corrected chi connectivity index (χ0v) is 20.6. The highest BCUT2D eigenvalue weighted by atomic mass is 19.4. The van der Waals surface area contributed by atoms with Gasteiger partial charge < -0.3 is 10.2 Å². The number of fused-ring (bicyclic) bond motifs is 5. The maximum atomic E-state index is 12.8. The molecule has 0 aromatic carbocycles. The predicted octanol–water partition coefficient (Wildman–Crippen LogP) is 7.13. The van der Waals surface area contributed by atoms with Gasteiger partial charge in [0.15, 0.2) is 0 Å². The van der Waals surface area contributed by atoms with Crippen LogP contribution in [-0.4, -0.2) is 28.1 Å². The summed E-state index contributed by atoms with van der Waals surface area (Å²) in [6.45, 7) is 9.19. The molecule has 0 amide bonds. The molecule has 32 heavy (non-hydrogen) atoms. The van der Waals surface area contributed by atoms with Crippen LogP contribution in [0.5, 0.6) is 0 Å². The summed E-state index contributed by atoms with van der Waals surface area (Å²) in [7, 11) is 0. The quantitative estimate of drug-likeness (QED) is 0.460. The first-order chi connectivity index (χ1) is 14.8. The van der Waals surface area contributed by atoms with E-state index < -0.39 is 17.9 Å². The molecule has 5 heteroatoms. The number of hydrogen-bond acceptors (Lipinski definition) is 2. The first-order valence-electron chi connectivity index (χ1n) is 13.3. The maximum absolute atomic E-state index is 12.8. The number of hydrogen-bond donors (Lipinski definition) is 2. The summed E-state index contributed by atoms with van der Waals surface area (Å²) in [5.41, 5.74) is 0.104. The van der Waals surface area contributed by atoms with E-state index in [9.17, 15) is 23.4 Å². The Balaban J connectivity index is 1.45.